The van der Waals surface area contributed by atoms with Crippen LogP contribution in [0.3, 0.4) is 0 Å². The van der Waals surface area contributed by atoms with Crippen molar-refractivity contribution in [3.8, 4) is 0 Å². The molecule has 2 fully saturated rings. The fourth-order valence-corrected chi connectivity index (χ4v) is 4.20. The van der Waals surface area contributed by atoms with Crippen LogP contribution in [0.1, 0.15) is 26.2 Å². The second kappa shape index (κ2) is 4.84. The highest BCUT2D eigenvalue weighted by molar-refractivity contribution is 7.91. The van der Waals surface area contributed by atoms with Crippen LogP contribution in [-0.4, -0.2) is 51.5 Å². The maximum atomic E-state index is 11.9. The lowest BCUT2D eigenvalue weighted by Gasteiger charge is -2.40. The molecule has 1 saturated carbocycles. The smallest absolute Gasteiger partial charge is 0.169 e. The summed E-state index contributed by atoms with van der Waals surface area (Å²) < 4.78 is 35.0. The Hall–Kier alpha value is -0.170. The van der Waals surface area contributed by atoms with Gasteiger partial charge in [-0.05, 0) is 13.0 Å². The Morgan fingerprint density at radius 3 is 2.53 bits per heavy atom. The Morgan fingerprint density at radius 2 is 2.00 bits per heavy atom. The van der Waals surface area contributed by atoms with Crippen molar-refractivity contribution >= 4 is 9.84 Å². The second-order valence-electron chi connectivity index (χ2n) is 4.88. The van der Waals surface area contributed by atoms with Crippen molar-refractivity contribution in [1.29, 1.82) is 0 Å². The van der Waals surface area contributed by atoms with Crippen LogP contribution in [0.25, 0.3) is 0 Å². The van der Waals surface area contributed by atoms with E-state index in [0.717, 1.165) is 19.4 Å². The molecule has 0 amide bonds. The van der Waals surface area contributed by atoms with E-state index in [1.807, 2.05) is 6.92 Å². The summed E-state index contributed by atoms with van der Waals surface area (Å²) >= 11 is 0. The van der Waals surface area contributed by atoms with E-state index < -0.39 is 20.9 Å². The molecule has 0 bridgehead atoms. The van der Waals surface area contributed by atoms with Gasteiger partial charge in [0.1, 0.15) is 0 Å². The third kappa shape index (κ3) is 2.81. The number of sulfone groups is 1. The molecule has 1 N–H and O–H groups in total. The molecule has 17 heavy (non-hydrogen) atoms. The van der Waals surface area contributed by atoms with Crippen LogP contribution in [0.4, 0.5) is 0 Å². The Morgan fingerprint density at radius 1 is 1.35 bits per heavy atom. The predicted molar refractivity (Wildman–Crippen MR) is 64.6 cm³/mol. The largest absolute Gasteiger partial charge is 0.347 e. The molecule has 5 nitrogen and oxygen atoms in total. The van der Waals surface area contributed by atoms with Gasteiger partial charge in [0.2, 0.25) is 0 Å². The number of hydrogen-bond acceptors (Lipinski definition) is 5. The molecule has 1 aliphatic heterocycles. The summed E-state index contributed by atoms with van der Waals surface area (Å²) in [6.45, 7) is 3.92. The first kappa shape index (κ1) is 13.3. The molecule has 1 heterocycles. The van der Waals surface area contributed by atoms with E-state index in [1.54, 1.807) is 0 Å². The lowest BCUT2D eigenvalue weighted by molar-refractivity contribution is -0.178. The van der Waals surface area contributed by atoms with Crippen LogP contribution in [0.2, 0.25) is 0 Å². The van der Waals surface area contributed by atoms with Gasteiger partial charge in [-0.3, -0.25) is 0 Å². The van der Waals surface area contributed by atoms with Gasteiger partial charge in [-0.15, -0.1) is 0 Å². The van der Waals surface area contributed by atoms with Crippen molar-refractivity contribution < 1.29 is 17.9 Å². The van der Waals surface area contributed by atoms with Gasteiger partial charge in [0.05, 0.1) is 18.5 Å². The highest BCUT2D eigenvalue weighted by atomic mass is 32.2. The molecule has 1 aliphatic carbocycles. The number of hydrogen-bond donors (Lipinski definition) is 1. The van der Waals surface area contributed by atoms with Crippen LogP contribution in [-0.2, 0) is 19.3 Å². The quantitative estimate of drug-likeness (QED) is 0.793. The highest BCUT2D eigenvalue weighted by Gasteiger charge is 2.48. The van der Waals surface area contributed by atoms with E-state index in [1.165, 1.54) is 6.26 Å². The molecule has 2 unspecified atom stereocenters. The lowest BCUT2D eigenvalue weighted by atomic mass is 9.89. The summed E-state index contributed by atoms with van der Waals surface area (Å²) in [6, 6.07) is 0.0217. The minimum atomic E-state index is -3.08. The van der Waals surface area contributed by atoms with E-state index in [2.05, 4.69) is 5.32 Å². The summed E-state index contributed by atoms with van der Waals surface area (Å²) in [4.78, 5) is 0. The fraction of sp³-hybridized carbons (Fsp3) is 1.00. The lowest BCUT2D eigenvalue weighted by Crippen LogP contribution is -2.53. The van der Waals surface area contributed by atoms with E-state index in [9.17, 15) is 8.42 Å². The van der Waals surface area contributed by atoms with E-state index >= 15 is 0 Å². The van der Waals surface area contributed by atoms with Crippen LogP contribution in [0, 0.1) is 0 Å². The van der Waals surface area contributed by atoms with Gasteiger partial charge in [-0.2, -0.15) is 0 Å². The fourth-order valence-electron chi connectivity index (χ4n) is 2.82. The first-order valence-corrected chi connectivity index (χ1v) is 8.12. The molecular weight excluding hydrogens is 242 g/mol. The maximum Gasteiger partial charge on any atom is 0.169 e. The average Bonchev–Trinajstić information content (AvgIpc) is 2.69. The summed E-state index contributed by atoms with van der Waals surface area (Å²) in [5, 5.41) is 2.85. The van der Waals surface area contributed by atoms with Crippen LogP contribution < -0.4 is 5.32 Å². The molecule has 1 spiro atoms. The van der Waals surface area contributed by atoms with E-state index in [0.29, 0.717) is 19.6 Å². The molecule has 2 atom stereocenters. The van der Waals surface area contributed by atoms with Gasteiger partial charge in [-0.1, -0.05) is 6.92 Å². The summed E-state index contributed by atoms with van der Waals surface area (Å²) in [6.07, 6.45) is 3.31. The average molecular weight is 263 g/mol. The van der Waals surface area contributed by atoms with Gasteiger partial charge in [-0.25, -0.2) is 8.42 Å². The zero-order chi connectivity index (χ0) is 12.5. The minimum absolute atomic E-state index is 0.0217. The van der Waals surface area contributed by atoms with Gasteiger partial charge in [0, 0.05) is 25.1 Å². The van der Waals surface area contributed by atoms with Gasteiger partial charge in [0.25, 0.3) is 0 Å². The predicted octanol–water partition coefficient (Wildman–Crippen LogP) is 0.305. The van der Waals surface area contributed by atoms with Crippen molar-refractivity contribution in [2.45, 2.75) is 43.3 Å². The molecule has 0 radical (unpaired) electrons. The number of rotatable bonds is 3. The monoisotopic (exact) mass is 263 g/mol. The number of ether oxygens (including phenoxy) is 2. The zero-order valence-electron chi connectivity index (χ0n) is 10.4. The molecule has 1 saturated heterocycles. The number of nitrogens with one attached hydrogen (secondary N) is 1. The summed E-state index contributed by atoms with van der Waals surface area (Å²) in [5.74, 6) is -0.639. The van der Waals surface area contributed by atoms with E-state index in [4.69, 9.17) is 9.47 Å². The highest BCUT2D eigenvalue weighted by Crippen LogP contribution is 2.38. The first-order chi connectivity index (χ1) is 7.97. The Labute approximate surface area is 103 Å². The maximum absolute atomic E-state index is 11.9. The molecule has 0 aromatic rings. The third-order valence-electron chi connectivity index (χ3n) is 3.63. The third-order valence-corrected chi connectivity index (χ3v) is 5.22. The van der Waals surface area contributed by atoms with Crippen LogP contribution in [0.5, 0.6) is 0 Å². The molecule has 2 aliphatic rings. The van der Waals surface area contributed by atoms with Crippen molar-refractivity contribution in [3.05, 3.63) is 0 Å². The molecule has 2 rings (SSSR count). The summed E-state index contributed by atoms with van der Waals surface area (Å²) in [7, 11) is -3.08. The van der Waals surface area contributed by atoms with Crippen molar-refractivity contribution in [2.75, 3.05) is 26.0 Å². The van der Waals surface area contributed by atoms with Crippen molar-refractivity contribution in [2.24, 2.45) is 0 Å². The SMILES string of the molecule is CCNC1CCC2(CC1S(C)(=O)=O)OCCO2. The molecule has 6 heteroatoms. The Kier molecular flexibility index (Phi) is 3.77. The van der Waals surface area contributed by atoms with E-state index in [-0.39, 0.29) is 6.04 Å². The van der Waals surface area contributed by atoms with Gasteiger partial charge >= 0.3 is 0 Å². The van der Waals surface area contributed by atoms with Gasteiger partial charge < -0.3 is 14.8 Å². The Balaban J connectivity index is 2.15. The first-order valence-electron chi connectivity index (χ1n) is 6.17. The molecule has 100 valence electrons. The van der Waals surface area contributed by atoms with Crippen molar-refractivity contribution in [3.63, 3.8) is 0 Å². The van der Waals surface area contributed by atoms with Gasteiger partial charge in [0.15, 0.2) is 15.6 Å². The Bertz CT molecular complexity index is 362. The minimum Gasteiger partial charge on any atom is -0.347 e. The standard InChI is InChI=1S/C11H21NO4S/c1-3-12-9-4-5-11(15-6-7-16-11)8-10(9)17(2,13)14/h9-10,12H,3-8H2,1-2H3. The molecule has 0 aromatic carbocycles. The normalized spacial score (nSPS) is 33.1. The topological polar surface area (TPSA) is 64.6 Å². The molecular formula is C11H21NO4S. The molecule has 0 aromatic heterocycles. The summed E-state index contributed by atoms with van der Waals surface area (Å²) in [5.41, 5.74) is 0. The second-order valence-corrected chi connectivity index (χ2v) is 7.15. The van der Waals surface area contributed by atoms with Crippen molar-refractivity contribution in [1.82, 2.24) is 5.32 Å². The van der Waals surface area contributed by atoms with Crippen LogP contribution in [0.15, 0.2) is 0 Å². The van der Waals surface area contributed by atoms with Crippen LogP contribution >= 0.6 is 0 Å². The zero-order valence-corrected chi connectivity index (χ0v) is 11.3.